The van der Waals surface area contributed by atoms with E-state index in [4.69, 9.17) is 15.3 Å². The van der Waals surface area contributed by atoms with Gasteiger partial charge in [-0.25, -0.2) is 0 Å². The van der Waals surface area contributed by atoms with E-state index < -0.39 is 5.97 Å². The Hall–Kier alpha value is -1.29. The topological polar surface area (TPSA) is 76.5 Å². The zero-order valence-corrected chi connectivity index (χ0v) is 8.41. The summed E-state index contributed by atoms with van der Waals surface area (Å²) in [5.41, 5.74) is 6.82. The quantitative estimate of drug-likeness (QED) is 0.771. The van der Waals surface area contributed by atoms with Gasteiger partial charge in [-0.2, -0.15) is 0 Å². The van der Waals surface area contributed by atoms with Gasteiger partial charge in [0.25, 0.3) is 0 Å². The Kier molecular flexibility index (Phi) is 3.30. The molecule has 3 N–H and O–H groups in total. The predicted octanol–water partition coefficient (Wildman–Crippen LogP) is 1.76. The summed E-state index contributed by atoms with van der Waals surface area (Å²) in [5.74, 6) is 0.674. The molecule has 1 rings (SSSR count). The molecule has 4 heteroatoms. The molecule has 4 nitrogen and oxygen atoms in total. The molecular formula is C10H15NO3. The van der Waals surface area contributed by atoms with Crippen LogP contribution in [0.5, 0.6) is 0 Å². The van der Waals surface area contributed by atoms with E-state index >= 15 is 0 Å². The first-order valence-electron chi connectivity index (χ1n) is 4.55. The lowest BCUT2D eigenvalue weighted by Gasteiger charge is -2.05. The van der Waals surface area contributed by atoms with Crippen molar-refractivity contribution in [2.24, 2.45) is 5.73 Å². The second kappa shape index (κ2) is 4.28. The van der Waals surface area contributed by atoms with E-state index in [9.17, 15) is 4.79 Å². The molecule has 0 spiro atoms. The summed E-state index contributed by atoms with van der Waals surface area (Å²) >= 11 is 0. The fraction of sp³-hybridized carbons (Fsp3) is 0.500. The van der Waals surface area contributed by atoms with Crippen molar-refractivity contribution in [3.8, 4) is 0 Å². The smallest absolute Gasteiger partial charge is 0.303 e. The minimum absolute atomic E-state index is 0.0694. The van der Waals surface area contributed by atoms with Gasteiger partial charge in [-0.15, -0.1) is 0 Å². The van der Waals surface area contributed by atoms with Crippen LogP contribution in [0.25, 0.3) is 0 Å². The summed E-state index contributed by atoms with van der Waals surface area (Å²) in [6.45, 7) is 3.80. The highest BCUT2D eigenvalue weighted by molar-refractivity contribution is 5.66. The number of hydrogen-bond donors (Lipinski definition) is 2. The lowest BCUT2D eigenvalue weighted by Crippen LogP contribution is -2.11. The number of nitrogens with two attached hydrogens (primary N) is 1. The molecule has 0 bridgehead atoms. The van der Waals surface area contributed by atoms with Gasteiger partial charge in [0.15, 0.2) is 0 Å². The van der Waals surface area contributed by atoms with Crippen LogP contribution in [0.3, 0.4) is 0 Å². The first-order valence-corrected chi connectivity index (χ1v) is 4.55. The average Bonchev–Trinajstić information content (AvgIpc) is 2.43. The largest absolute Gasteiger partial charge is 0.481 e. The highest BCUT2D eigenvalue weighted by Gasteiger charge is 2.13. The summed E-state index contributed by atoms with van der Waals surface area (Å²) in [7, 11) is 0. The summed E-state index contributed by atoms with van der Waals surface area (Å²) in [5, 5.41) is 8.48. The van der Waals surface area contributed by atoms with Crippen molar-refractivity contribution in [3.63, 3.8) is 0 Å². The molecule has 0 radical (unpaired) electrons. The second-order valence-corrected chi connectivity index (χ2v) is 3.43. The van der Waals surface area contributed by atoms with Crippen molar-refractivity contribution in [2.75, 3.05) is 0 Å². The third kappa shape index (κ3) is 2.60. The second-order valence-electron chi connectivity index (χ2n) is 3.43. The Balaban J connectivity index is 2.60. The SMILES string of the molecule is Cc1cc([C@H](N)CCC(=O)O)oc1C. The van der Waals surface area contributed by atoms with Crippen molar-refractivity contribution in [2.45, 2.75) is 32.7 Å². The maximum absolute atomic E-state index is 10.3. The van der Waals surface area contributed by atoms with E-state index in [1.165, 1.54) is 0 Å². The van der Waals surface area contributed by atoms with Gasteiger partial charge in [-0.1, -0.05) is 0 Å². The summed E-state index contributed by atoms with van der Waals surface area (Å²) in [6, 6.07) is 1.54. The fourth-order valence-electron chi connectivity index (χ4n) is 1.21. The van der Waals surface area contributed by atoms with Crippen molar-refractivity contribution in [1.82, 2.24) is 0 Å². The molecule has 0 saturated carbocycles. The normalized spacial score (nSPS) is 12.8. The number of aliphatic carboxylic acids is 1. The van der Waals surface area contributed by atoms with Crippen LogP contribution in [-0.2, 0) is 4.79 Å². The van der Waals surface area contributed by atoms with Gasteiger partial charge in [0.2, 0.25) is 0 Å². The van der Waals surface area contributed by atoms with E-state index in [0.717, 1.165) is 11.3 Å². The van der Waals surface area contributed by atoms with E-state index in [-0.39, 0.29) is 12.5 Å². The molecule has 1 heterocycles. The van der Waals surface area contributed by atoms with Gasteiger partial charge in [0, 0.05) is 6.42 Å². The van der Waals surface area contributed by atoms with Gasteiger partial charge in [-0.3, -0.25) is 4.79 Å². The van der Waals surface area contributed by atoms with Crippen LogP contribution in [0.1, 0.15) is 36.0 Å². The van der Waals surface area contributed by atoms with Crippen LogP contribution >= 0.6 is 0 Å². The lowest BCUT2D eigenvalue weighted by molar-refractivity contribution is -0.137. The number of aryl methyl sites for hydroxylation is 2. The van der Waals surface area contributed by atoms with Crippen LogP contribution in [0.15, 0.2) is 10.5 Å². The average molecular weight is 197 g/mol. The van der Waals surface area contributed by atoms with Crippen LogP contribution in [0.4, 0.5) is 0 Å². The van der Waals surface area contributed by atoms with Crippen LogP contribution < -0.4 is 5.73 Å². The third-order valence-electron chi connectivity index (χ3n) is 2.22. The first-order chi connectivity index (χ1) is 6.50. The number of carbonyl (C=O) groups is 1. The molecule has 0 amide bonds. The molecule has 0 aliphatic heterocycles. The molecule has 14 heavy (non-hydrogen) atoms. The summed E-state index contributed by atoms with van der Waals surface area (Å²) in [6.07, 6.45) is 0.474. The lowest BCUT2D eigenvalue weighted by atomic mass is 10.1. The van der Waals surface area contributed by atoms with Crippen molar-refractivity contribution in [3.05, 3.63) is 23.2 Å². The van der Waals surface area contributed by atoms with Crippen molar-refractivity contribution >= 4 is 5.97 Å². The van der Waals surface area contributed by atoms with Crippen LogP contribution in [0, 0.1) is 13.8 Å². The monoisotopic (exact) mass is 197 g/mol. The molecule has 0 aromatic carbocycles. The van der Waals surface area contributed by atoms with Gasteiger partial charge < -0.3 is 15.3 Å². The first kappa shape index (κ1) is 10.8. The Morgan fingerprint density at radius 3 is 2.71 bits per heavy atom. The molecule has 0 saturated heterocycles. The fourth-order valence-corrected chi connectivity index (χ4v) is 1.21. The number of carboxylic acids is 1. The number of rotatable bonds is 4. The maximum Gasteiger partial charge on any atom is 0.303 e. The molecule has 0 fully saturated rings. The molecule has 0 unspecified atom stereocenters. The van der Waals surface area contributed by atoms with Crippen molar-refractivity contribution in [1.29, 1.82) is 0 Å². The Morgan fingerprint density at radius 2 is 2.29 bits per heavy atom. The molecule has 1 aromatic rings. The van der Waals surface area contributed by atoms with Gasteiger partial charge in [-0.05, 0) is 31.9 Å². The van der Waals surface area contributed by atoms with E-state index in [1.807, 2.05) is 19.9 Å². The molecule has 0 aliphatic carbocycles. The Bertz CT molecular complexity index is 311. The zero-order valence-electron chi connectivity index (χ0n) is 8.41. The van der Waals surface area contributed by atoms with Gasteiger partial charge in [0.05, 0.1) is 6.04 Å². The van der Waals surface area contributed by atoms with Gasteiger partial charge in [0.1, 0.15) is 11.5 Å². The summed E-state index contributed by atoms with van der Waals surface area (Å²) < 4.78 is 5.39. The number of carboxylic acid groups (broad SMARTS) is 1. The van der Waals surface area contributed by atoms with Crippen LogP contribution in [0.2, 0.25) is 0 Å². The Labute approximate surface area is 82.7 Å². The number of furan rings is 1. The minimum atomic E-state index is -0.833. The Morgan fingerprint density at radius 1 is 1.64 bits per heavy atom. The molecule has 1 atom stereocenters. The van der Waals surface area contributed by atoms with Gasteiger partial charge >= 0.3 is 5.97 Å². The maximum atomic E-state index is 10.3. The molecule has 78 valence electrons. The van der Waals surface area contributed by atoms with Crippen LogP contribution in [-0.4, -0.2) is 11.1 Å². The number of hydrogen-bond acceptors (Lipinski definition) is 3. The highest BCUT2D eigenvalue weighted by atomic mass is 16.4. The third-order valence-corrected chi connectivity index (χ3v) is 2.22. The molecule has 0 aliphatic rings. The minimum Gasteiger partial charge on any atom is -0.481 e. The highest BCUT2D eigenvalue weighted by Crippen LogP contribution is 2.21. The van der Waals surface area contributed by atoms with E-state index in [1.54, 1.807) is 0 Å². The zero-order chi connectivity index (χ0) is 10.7. The molecular weight excluding hydrogens is 182 g/mol. The van der Waals surface area contributed by atoms with E-state index in [2.05, 4.69) is 0 Å². The van der Waals surface area contributed by atoms with E-state index in [0.29, 0.717) is 12.2 Å². The van der Waals surface area contributed by atoms with Crippen molar-refractivity contribution < 1.29 is 14.3 Å². The predicted molar refractivity (Wildman–Crippen MR) is 52.0 cm³/mol. The standard InChI is InChI=1S/C10H15NO3/c1-6-5-9(14-7(6)2)8(11)3-4-10(12)13/h5,8H,3-4,11H2,1-2H3,(H,12,13)/t8-/m1/s1. The summed E-state index contributed by atoms with van der Waals surface area (Å²) in [4.78, 5) is 10.3. The molecule has 1 aromatic heterocycles.